The van der Waals surface area contributed by atoms with E-state index in [2.05, 4.69) is 20.6 Å². The van der Waals surface area contributed by atoms with Crippen molar-refractivity contribution in [3.63, 3.8) is 0 Å². The Morgan fingerprint density at radius 3 is 3.00 bits per heavy atom. The van der Waals surface area contributed by atoms with Gasteiger partial charge in [0.25, 0.3) is 0 Å². The number of rotatable bonds is 4. The van der Waals surface area contributed by atoms with Crippen LogP contribution in [-0.2, 0) is 14.6 Å². The molecule has 1 atom stereocenters. The summed E-state index contributed by atoms with van der Waals surface area (Å²) in [7, 11) is -2.98. The van der Waals surface area contributed by atoms with E-state index in [1.165, 1.54) is 11.8 Å². The van der Waals surface area contributed by atoms with Gasteiger partial charge in [-0.05, 0) is 25.5 Å². The van der Waals surface area contributed by atoms with E-state index in [9.17, 15) is 13.2 Å². The van der Waals surface area contributed by atoms with Gasteiger partial charge in [0.15, 0.2) is 21.3 Å². The van der Waals surface area contributed by atoms with Gasteiger partial charge in [-0.15, -0.1) is 10.2 Å². The van der Waals surface area contributed by atoms with Crippen LogP contribution in [0.4, 0.5) is 0 Å². The van der Waals surface area contributed by atoms with Gasteiger partial charge in [-0.3, -0.25) is 4.79 Å². The number of fused-ring (bicyclic) bond motifs is 1. The van der Waals surface area contributed by atoms with Crippen molar-refractivity contribution in [3.05, 3.63) is 18.0 Å². The molecule has 0 radical (unpaired) electrons. The maximum absolute atomic E-state index is 11.9. The van der Waals surface area contributed by atoms with Crippen LogP contribution in [0.15, 0.2) is 17.2 Å². The molecule has 1 amide bonds. The van der Waals surface area contributed by atoms with Gasteiger partial charge in [0.2, 0.25) is 5.91 Å². The molecule has 118 valence electrons. The molecular weight excluding hydrogens is 326 g/mol. The number of hydrogen-bond donors (Lipinski definition) is 1. The van der Waals surface area contributed by atoms with Crippen LogP contribution >= 0.6 is 11.8 Å². The van der Waals surface area contributed by atoms with E-state index in [1.807, 2.05) is 0 Å². The highest BCUT2D eigenvalue weighted by Gasteiger charge is 2.28. The molecule has 0 saturated carbocycles. The number of aromatic nitrogens is 4. The second kappa shape index (κ2) is 5.84. The lowest BCUT2D eigenvalue weighted by Gasteiger charge is -2.10. The number of amides is 1. The zero-order chi connectivity index (χ0) is 15.7. The zero-order valence-corrected chi connectivity index (χ0v) is 13.5. The van der Waals surface area contributed by atoms with E-state index < -0.39 is 9.84 Å². The van der Waals surface area contributed by atoms with Crippen LogP contribution in [0.25, 0.3) is 5.65 Å². The smallest absolute Gasteiger partial charge is 0.230 e. The van der Waals surface area contributed by atoms with Gasteiger partial charge in [-0.1, -0.05) is 11.8 Å². The molecule has 10 heteroatoms. The minimum absolute atomic E-state index is 0.0352. The summed E-state index contributed by atoms with van der Waals surface area (Å²) < 4.78 is 24.3. The summed E-state index contributed by atoms with van der Waals surface area (Å²) in [5.74, 6) is 0.868. The number of carbonyl (C=O) groups excluding carboxylic acids is 1. The minimum atomic E-state index is -2.98. The normalized spacial score (nSPS) is 20.3. The summed E-state index contributed by atoms with van der Waals surface area (Å²) in [5, 5.41) is 15.6. The molecule has 3 rings (SSSR count). The maximum atomic E-state index is 11.9. The fourth-order valence-electron chi connectivity index (χ4n) is 2.27. The number of nitrogens with one attached hydrogen (secondary N) is 1. The van der Waals surface area contributed by atoms with Crippen LogP contribution in [-0.4, -0.2) is 57.4 Å². The molecule has 2 aromatic heterocycles. The Hall–Kier alpha value is -1.68. The van der Waals surface area contributed by atoms with E-state index in [0.717, 1.165) is 0 Å². The fourth-order valence-corrected chi connectivity index (χ4v) is 4.61. The standard InChI is InChI=1S/C12H15N5O3S2/c1-8-14-15-10-2-3-12(16-17(8)10)21-6-11(18)13-9-4-5-22(19,20)7-9/h2-3,9H,4-7H2,1H3,(H,13,18)/t9-/m1/s1. The largest absolute Gasteiger partial charge is 0.352 e. The Morgan fingerprint density at radius 2 is 2.27 bits per heavy atom. The first-order chi connectivity index (χ1) is 10.4. The van der Waals surface area contributed by atoms with Crippen molar-refractivity contribution >= 4 is 33.2 Å². The highest BCUT2D eigenvalue weighted by molar-refractivity contribution is 7.99. The number of nitrogens with zero attached hydrogens (tertiary/aromatic N) is 4. The molecule has 0 spiro atoms. The van der Waals surface area contributed by atoms with Crippen LogP contribution in [0.2, 0.25) is 0 Å². The predicted octanol–water partition coefficient (Wildman–Crippen LogP) is -0.172. The van der Waals surface area contributed by atoms with Crippen molar-refractivity contribution in [2.24, 2.45) is 0 Å². The molecule has 1 saturated heterocycles. The van der Waals surface area contributed by atoms with Gasteiger partial charge >= 0.3 is 0 Å². The second-order valence-electron chi connectivity index (χ2n) is 5.14. The summed E-state index contributed by atoms with van der Waals surface area (Å²) >= 11 is 1.29. The predicted molar refractivity (Wildman–Crippen MR) is 81.4 cm³/mol. The third kappa shape index (κ3) is 3.38. The number of thioether (sulfide) groups is 1. The molecule has 0 aromatic carbocycles. The molecule has 1 N–H and O–H groups in total. The quantitative estimate of drug-likeness (QED) is 0.769. The van der Waals surface area contributed by atoms with Gasteiger partial charge in [-0.2, -0.15) is 9.61 Å². The van der Waals surface area contributed by atoms with Crippen molar-refractivity contribution in [1.82, 2.24) is 25.1 Å². The van der Waals surface area contributed by atoms with Crippen molar-refractivity contribution in [2.75, 3.05) is 17.3 Å². The fraction of sp³-hybridized carbons (Fsp3) is 0.500. The summed E-state index contributed by atoms with van der Waals surface area (Å²) in [6.45, 7) is 1.80. The number of carbonyl (C=O) groups is 1. The third-order valence-electron chi connectivity index (χ3n) is 3.34. The van der Waals surface area contributed by atoms with E-state index in [4.69, 9.17) is 0 Å². The van der Waals surface area contributed by atoms with E-state index >= 15 is 0 Å². The van der Waals surface area contributed by atoms with Gasteiger partial charge < -0.3 is 5.32 Å². The Bertz CT molecular complexity index is 817. The lowest BCUT2D eigenvalue weighted by atomic mass is 10.3. The molecule has 0 bridgehead atoms. The number of hydrogen-bond acceptors (Lipinski definition) is 7. The van der Waals surface area contributed by atoms with E-state index in [-0.39, 0.29) is 29.2 Å². The molecular formula is C12H15N5O3S2. The summed E-state index contributed by atoms with van der Waals surface area (Å²) in [6, 6.07) is 3.30. The minimum Gasteiger partial charge on any atom is -0.352 e. The van der Waals surface area contributed by atoms with Gasteiger partial charge in [0.1, 0.15) is 5.03 Å². The molecule has 2 aromatic rings. The first-order valence-electron chi connectivity index (χ1n) is 6.75. The Kier molecular flexibility index (Phi) is 4.04. The van der Waals surface area contributed by atoms with Gasteiger partial charge in [-0.25, -0.2) is 8.42 Å². The number of aryl methyl sites for hydroxylation is 1. The SMILES string of the molecule is Cc1nnc2ccc(SCC(=O)N[C@@H]3CCS(=O)(=O)C3)nn12. The zero-order valence-electron chi connectivity index (χ0n) is 11.9. The Morgan fingerprint density at radius 1 is 1.45 bits per heavy atom. The molecule has 1 fully saturated rings. The Balaban J connectivity index is 1.57. The highest BCUT2D eigenvalue weighted by atomic mass is 32.2. The van der Waals surface area contributed by atoms with Crippen molar-refractivity contribution in [1.29, 1.82) is 0 Å². The molecule has 1 aliphatic heterocycles. The topological polar surface area (TPSA) is 106 Å². The molecule has 0 aliphatic carbocycles. The molecule has 1 aliphatic rings. The molecule has 0 unspecified atom stereocenters. The first kappa shape index (κ1) is 15.2. The van der Waals surface area contributed by atoms with E-state index in [1.54, 1.807) is 23.6 Å². The van der Waals surface area contributed by atoms with Crippen LogP contribution in [0.5, 0.6) is 0 Å². The van der Waals surface area contributed by atoms with E-state index in [0.29, 0.717) is 22.9 Å². The summed E-state index contributed by atoms with van der Waals surface area (Å²) in [5.41, 5.74) is 0.655. The maximum Gasteiger partial charge on any atom is 0.230 e. The van der Waals surface area contributed by atoms with Crippen molar-refractivity contribution in [2.45, 2.75) is 24.4 Å². The Labute approximate surface area is 131 Å². The number of sulfone groups is 1. The first-order valence-corrected chi connectivity index (χ1v) is 9.55. The van der Waals surface area contributed by atoms with Crippen LogP contribution < -0.4 is 5.32 Å². The van der Waals surface area contributed by atoms with Gasteiger partial charge in [0.05, 0.1) is 17.3 Å². The van der Waals surface area contributed by atoms with Crippen LogP contribution in [0.1, 0.15) is 12.2 Å². The van der Waals surface area contributed by atoms with Crippen molar-refractivity contribution in [3.8, 4) is 0 Å². The highest BCUT2D eigenvalue weighted by Crippen LogP contribution is 2.16. The van der Waals surface area contributed by atoms with Crippen LogP contribution in [0.3, 0.4) is 0 Å². The molecule has 8 nitrogen and oxygen atoms in total. The molecule has 22 heavy (non-hydrogen) atoms. The van der Waals surface area contributed by atoms with Gasteiger partial charge in [0, 0.05) is 6.04 Å². The average Bonchev–Trinajstić information content (AvgIpc) is 3.00. The van der Waals surface area contributed by atoms with Crippen molar-refractivity contribution < 1.29 is 13.2 Å². The van der Waals surface area contributed by atoms with Crippen LogP contribution in [0, 0.1) is 6.92 Å². The lowest BCUT2D eigenvalue weighted by Crippen LogP contribution is -2.36. The summed E-state index contributed by atoms with van der Waals surface area (Å²) in [6.07, 6.45) is 0.489. The average molecular weight is 341 g/mol. The third-order valence-corrected chi connectivity index (χ3v) is 6.03. The molecule has 3 heterocycles. The monoisotopic (exact) mass is 341 g/mol. The summed E-state index contributed by atoms with van der Waals surface area (Å²) in [4.78, 5) is 11.9. The second-order valence-corrected chi connectivity index (χ2v) is 8.37. The lowest BCUT2D eigenvalue weighted by molar-refractivity contribution is -0.119.